The van der Waals surface area contributed by atoms with E-state index in [2.05, 4.69) is 15.1 Å². The number of aryl methyl sites for hydroxylation is 2. The van der Waals surface area contributed by atoms with Crippen LogP contribution in [0.25, 0.3) is 32.9 Å². The number of rotatable bonds is 5. The van der Waals surface area contributed by atoms with Crippen LogP contribution in [0.3, 0.4) is 0 Å². The first-order valence-electron chi connectivity index (χ1n) is 17.5. The number of hydrogen-bond acceptors (Lipinski definition) is 7. The molecule has 5 aliphatic heterocycles. The molecule has 244 valence electrons. The molecule has 1 aliphatic carbocycles. The maximum Gasteiger partial charge on any atom is 0.319 e. The quantitative estimate of drug-likeness (QED) is 0.276. The average molecular weight is 641 g/mol. The molecule has 1 unspecified atom stereocenters. The molecule has 10 heteroatoms. The Balaban J connectivity index is 1.12. The number of nitrogens with one attached hydrogen (secondary N) is 1. The number of hydrogen-bond donors (Lipinski definition) is 1. The van der Waals surface area contributed by atoms with E-state index >= 15 is 4.39 Å². The molecule has 6 atom stereocenters. The van der Waals surface area contributed by atoms with Crippen LogP contribution in [0, 0.1) is 30.4 Å². The second kappa shape index (κ2) is 10.3. The lowest BCUT2D eigenvalue weighted by Gasteiger charge is -2.41. The van der Waals surface area contributed by atoms with Gasteiger partial charge in [-0.3, -0.25) is 4.90 Å². The Labute approximate surface area is 271 Å². The minimum absolute atomic E-state index is 0.132. The van der Waals surface area contributed by atoms with Gasteiger partial charge >= 0.3 is 6.01 Å². The van der Waals surface area contributed by atoms with E-state index in [9.17, 15) is 8.78 Å². The van der Waals surface area contributed by atoms with Crippen molar-refractivity contribution in [2.24, 2.45) is 11.8 Å². The number of alkyl halides is 1. The molecule has 0 radical (unpaired) electrons. The van der Waals surface area contributed by atoms with Crippen LogP contribution in [-0.2, 0) is 6.42 Å². The molecule has 7 heterocycles. The lowest BCUT2D eigenvalue weighted by molar-refractivity contribution is 0.107. The van der Waals surface area contributed by atoms with Crippen LogP contribution in [0.2, 0.25) is 0 Å². The van der Waals surface area contributed by atoms with E-state index < -0.39 is 12.0 Å². The largest absolute Gasteiger partial charge is 0.461 e. The van der Waals surface area contributed by atoms with Gasteiger partial charge in [0.05, 0.1) is 16.6 Å². The van der Waals surface area contributed by atoms with Crippen LogP contribution in [0.15, 0.2) is 30.3 Å². The summed E-state index contributed by atoms with van der Waals surface area (Å²) in [5.41, 5.74) is 1.75. The van der Waals surface area contributed by atoms with Gasteiger partial charge in [0.25, 0.3) is 0 Å². The van der Waals surface area contributed by atoms with E-state index in [0.29, 0.717) is 65.1 Å². The lowest BCUT2D eigenvalue weighted by atomic mass is 9.88. The molecule has 0 spiro atoms. The Morgan fingerprint density at radius 3 is 2.70 bits per heavy atom. The van der Waals surface area contributed by atoms with E-state index in [1.54, 1.807) is 13.0 Å². The second-order valence-electron chi connectivity index (χ2n) is 15.2. The normalized spacial score (nSPS) is 31.4. The van der Waals surface area contributed by atoms with Crippen molar-refractivity contribution >= 4 is 27.5 Å². The van der Waals surface area contributed by atoms with E-state index in [-0.39, 0.29) is 41.2 Å². The van der Waals surface area contributed by atoms with E-state index in [4.69, 9.17) is 19.7 Å². The van der Waals surface area contributed by atoms with Crippen molar-refractivity contribution in [2.75, 3.05) is 31.1 Å². The SMILES string of the molecule is Cc1c(F)ccc2cccc(-c3nc4c5c(nc(OC[C@]67CC(C8CC8)CN6C[C@H](F)C7)nc5c3F)N3C[C@H]5CC[C@H](N5)[C@H]3CC4)c12. The van der Waals surface area contributed by atoms with Gasteiger partial charge in [-0.25, -0.2) is 18.2 Å². The number of piperazine rings is 1. The van der Waals surface area contributed by atoms with Gasteiger partial charge in [0.15, 0.2) is 5.82 Å². The van der Waals surface area contributed by atoms with E-state index in [0.717, 1.165) is 55.8 Å². The zero-order valence-corrected chi connectivity index (χ0v) is 26.6. The highest BCUT2D eigenvalue weighted by atomic mass is 19.1. The molecule has 5 fully saturated rings. The van der Waals surface area contributed by atoms with Crippen molar-refractivity contribution in [1.82, 2.24) is 25.2 Å². The first kappa shape index (κ1) is 28.5. The van der Waals surface area contributed by atoms with Crippen LogP contribution < -0.4 is 15.0 Å². The van der Waals surface area contributed by atoms with Gasteiger partial charge in [0.1, 0.15) is 35.6 Å². The molecule has 10 rings (SSSR count). The van der Waals surface area contributed by atoms with Crippen molar-refractivity contribution in [3.05, 3.63) is 53.2 Å². The number of fused-ring (bicyclic) bond motifs is 7. The van der Waals surface area contributed by atoms with Crippen molar-refractivity contribution in [2.45, 2.75) is 88.1 Å². The molecule has 2 bridgehead atoms. The summed E-state index contributed by atoms with van der Waals surface area (Å²) >= 11 is 0. The number of ether oxygens (including phenoxy) is 1. The topological polar surface area (TPSA) is 66.4 Å². The molecule has 2 aromatic carbocycles. The Morgan fingerprint density at radius 1 is 0.936 bits per heavy atom. The molecule has 1 N–H and O–H groups in total. The summed E-state index contributed by atoms with van der Waals surface area (Å²) in [6.45, 7) is 4.15. The first-order valence-corrected chi connectivity index (χ1v) is 17.5. The van der Waals surface area contributed by atoms with E-state index in [1.807, 2.05) is 18.2 Å². The number of halogens is 3. The monoisotopic (exact) mass is 640 g/mol. The summed E-state index contributed by atoms with van der Waals surface area (Å²) in [6, 6.07) is 9.78. The van der Waals surface area contributed by atoms with Gasteiger partial charge in [-0.05, 0) is 86.1 Å². The van der Waals surface area contributed by atoms with Gasteiger partial charge in [-0.15, -0.1) is 0 Å². The van der Waals surface area contributed by atoms with Crippen molar-refractivity contribution in [3.8, 4) is 17.3 Å². The summed E-state index contributed by atoms with van der Waals surface area (Å²) in [5, 5.41) is 5.91. The molecule has 7 nitrogen and oxygen atoms in total. The summed E-state index contributed by atoms with van der Waals surface area (Å²) < 4.78 is 53.3. The minimum atomic E-state index is -0.874. The van der Waals surface area contributed by atoms with Crippen LogP contribution >= 0.6 is 0 Å². The second-order valence-corrected chi connectivity index (χ2v) is 15.2. The standard InChI is InChI=1S/C37H39F3N6O/c1-19-26(39)9-7-21-3-2-4-25(30(19)21)33-32(40)34-31-28(42-33)11-12-29-27-10-8-24(41-27)17-46(29)35(31)44-36(43-34)47-18-37-13-22(20-5-6-20)15-45(37)16-23(38)14-37/h2-4,7,9,20,22-24,27,29,41H,5-6,8,10-18H2,1H3/t22?,23-,24-,27+,29-,37-/m1/s1. The Hall–Kier alpha value is -3.50. The van der Waals surface area contributed by atoms with Gasteiger partial charge in [-0.2, -0.15) is 9.97 Å². The Morgan fingerprint density at radius 2 is 1.83 bits per heavy atom. The number of anilines is 1. The van der Waals surface area contributed by atoms with Crippen molar-refractivity contribution in [3.63, 3.8) is 0 Å². The van der Waals surface area contributed by atoms with Crippen molar-refractivity contribution in [1.29, 1.82) is 0 Å². The van der Waals surface area contributed by atoms with Gasteiger partial charge in [0, 0.05) is 49.7 Å². The number of aromatic nitrogens is 3. The summed E-state index contributed by atoms with van der Waals surface area (Å²) in [4.78, 5) is 19.5. The third kappa shape index (κ3) is 4.36. The highest BCUT2D eigenvalue weighted by Gasteiger charge is 2.55. The van der Waals surface area contributed by atoms with Crippen LogP contribution in [0.1, 0.15) is 56.2 Å². The fourth-order valence-electron chi connectivity index (χ4n) is 9.99. The number of pyridine rings is 1. The van der Waals surface area contributed by atoms with Gasteiger partial charge < -0.3 is 15.0 Å². The number of benzene rings is 2. The zero-order chi connectivity index (χ0) is 31.6. The summed E-state index contributed by atoms with van der Waals surface area (Å²) in [6.07, 6.45) is 6.73. The highest BCUT2D eigenvalue weighted by Crippen LogP contribution is 2.51. The molecule has 0 amide bonds. The smallest absolute Gasteiger partial charge is 0.319 e. The maximum absolute atomic E-state index is 17.1. The highest BCUT2D eigenvalue weighted by molar-refractivity contribution is 6.01. The summed E-state index contributed by atoms with van der Waals surface area (Å²) in [5.74, 6) is 1.11. The van der Waals surface area contributed by atoms with Gasteiger partial charge in [0.2, 0.25) is 0 Å². The Kier molecular flexibility index (Phi) is 6.22. The lowest BCUT2D eigenvalue weighted by Crippen LogP contribution is -2.58. The Bertz CT molecular complexity index is 1950. The third-order valence-electron chi connectivity index (χ3n) is 12.4. The van der Waals surface area contributed by atoms with Crippen LogP contribution in [0.5, 0.6) is 6.01 Å². The van der Waals surface area contributed by atoms with E-state index in [1.165, 1.54) is 18.9 Å². The molecule has 4 saturated heterocycles. The molecular weight excluding hydrogens is 601 g/mol. The zero-order valence-electron chi connectivity index (χ0n) is 26.6. The molecule has 4 aromatic rings. The first-order chi connectivity index (χ1) is 22.8. The average Bonchev–Trinajstić information content (AvgIpc) is 3.71. The van der Waals surface area contributed by atoms with Crippen molar-refractivity contribution < 1.29 is 17.9 Å². The number of nitrogens with zero attached hydrogens (tertiary/aromatic N) is 5. The van der Waals surface area contributed by atoms with Gasteiger partial charge in [-0.1, -0.05) is 24.3 Å². The predicted molar refractivity (Wildman–Crippen MR) is 174 cm³/mol. The van der Waals surface area contributed by atoms with Crippen LogP contribution in [0.4, 0.5) is 19.0 Å². The fraction of sp³-hybridized carbons (Fsp3) is 0.541. The minimum Gasteiger partial charge on any atom is -0.461 e. The molecule has 2 aromatic heterocycles. The molecule has 6 aliphatic rings. The molecular formula is C37H39F3N6O. The predicted octanol–water partition coefficient (Wildman–Crippen LogP) is 6.28. The summed E-state index contributed by atoms with van der Waals surface area (Å²) in [7, 11) is 0. The molecule has 47 heavy (non-hydrogen) atoms. The molecule has 1 saturated carbocycles. The van der Waals surface area contributed by atoms with Crippen LogP contribution in [-0.4, -0.2) is 75.9 Å². The third-order valence-corrected chi connectivity index (χ3v) is 12.4. The fourth-order valence-corrected chi connectivity index (χ4v) is 9.99. The maximum atomic E-state index is 17.1.